The van der Waals surface area contributed by atoms with E-state index < -0.39 is 11.7 Å². The van der Waals surface area contributed by atoms with Gasteiger partial charge in [0.1, 0.15) is 0 Å². The molecule has 0 aromatic heterocycles. The van der Waals surface area contributed by atoms with E-state index in [4.69, 9.17) is 0 Å². The van der Waals surface area contributed by atoms with E-state index in [1.807, 2.05) is 7.05 Å². The first-order chi connectivity index (χ1) is 9.91. The summed E-state index contributed by atoms with van der Waals surface area (Å²) >= 11 is 0. The van der Waals surface area contributed by atoms with Crippen LogP contribution in [0.25, 0.3) is 0 Å². The van der Waals surface area contributed by atoms with Crippen molar-refractivity contribution >= 4 is 0 Å². The van der Waals surface area contributed by atoms with Crippen LogP contribution in [0.3, 0.4) is 0 Å². The molecule has 0 amide bonds. The molecule has 1 aliphatic heterocycles. The van der Waals surface area contributed by atoms with Crippen LogP contribution in [-0.2, 0) is 12.7 Å². The minimum absolute atomic E-state index is 0.344. The Hall–Kier alpha value is -1.07. The van der Waals surface area contributed by atoms with Gasteiger partial charge in [-0.2, -0.15) is 13.2 Å². The van der Waals surface area contributed by atoms with Crippen LogP contribution >= 0.6 is 0 Å². The summed E-state index contributed by atoms with van der Waals surface area (Å²) < 4.78 is 38.3. The van der Waals surface area contributed by atoms with Gasteiger partial charge in [-0.1, -0.05) is 24.6 Å². The molecule has 0 spiro atoms. The third-order valence-corrected chi connectivity index (χ3v) is 4.34. The fraction of sp³-hybridized carbons (Fsp3) is 0.625. The number of nitrogens with one attached hydrogen (secondary N) is 1. The molecular weight excluding hydrogens is 277 g/mol. The largest absolute Gasteiger partial charge is 0.416 e. The van der Waals surface area contributed by atoms with Gasteiger partial charge in [0.2, 0.25) is 0 Å². The molecule has 0 radical (unpaired) electrons. The fourth-order valence-corrected chi connectivity index (χ4v) is 3.05. The summed E-state index contributed by atoms with van der Waals surface area (Å²) in [6, 6.07) is 6.42. The Morgan fingerprint density at radius 1 is 1.33 bits per heavy atom. The molecule has 118 valence electrons. The minimum atomic E-state index is -4.27. The Morgan fingerprint density at radius 2 is 2.10 bits per heavy atom. The number of hydrogen-bond donors (Lipinski definition) is 1. The normalized spacial score (nSPS) is 22.2. The second-order valence-corrected chi connectivity index (χ2v) is 5.81. The zero-order chi connectivity index (χ0) is 15.5. The Labute approximate surface area is 124 Å². The number of rotatable bonds is 4. The molecule has 1 aromatic carbocycles. The number of benzene rings is 1. The Morgan fingerprint density at radius 3 is 2.76 bits per heavy atom. The lowest BCUT2D eigenvalue weighted by molar-refractivity contribution is -0.137. The fourth-order valence-electron chi connectivity index (χ4n) is 3.05. The first-order valence-corrected chi connectivity index (χ1v) is 7.49. The first-order valence-electron chi connectivity index (χ1n) is 7.49. The molecule has 1 aromatic rings. The van der Waals surface area contributed by atoms with Gasteiger partial charge in [-0.15, -0.1) is 0 Å². The van der Waals surface area contributed by atoms with Crippen molar-refractivity contribution in [2.24, 2.45) is 0 Å². The summed E-state index contributed by atoms with van der Waals surface area (Å²) in [6.07, 6.45) is -0.863. The van der Waals surface area contributed by atoms with Crippen LogP contribution in [-0.4, -0.2) is 30.6 Å². The minimum Gasteiger partial charge on any atom is -0.316 e. The van der Waals surface area contributed by atoms with Crippen molar-refractivity contribution in [3.05, 3.63) is 35.4 Å². The average molecular weight is 300 g/mol. The van der Waals surface area contributed by atoms with E-state index in [0.29, 0.717) is 18.6 Å². The number of nitrogens with zero attached hydrogens (tertiary/aromatic N) is 1. The lowest BCUT2D eigenvalue weighted by Crippen LogP contribution is -2.49. The van der Waals surface area contributed by atoms with Gasteiger partial charge in [0.05, 0.1) is 5.56 Å². The summed E-state index contributed by atoms with van der Waals surface area (Å²) in [5.41, 5.74) is 0.176. The molecule has 5 heteroatoms. The topological polar surface area (TPSA) is 15.3 Å². The maximum atomic E-state index is 12.8. The number of hydrogen-bond acceptors (Lipinski definition) is 2. The summed E-state index contributed by atoms with van der Waals surface area (Å²) in [5, 5.41) is 3.26. The molecule has 2 unspecified atom stereocenters. The molecule has 1 saturated heterocycles. The second kappa shape index (κ2) is 6.79. The van der Waals surface area contributed by atoms with E-state index in [1.165, 1.54) is 18.6 Å². The molecule has 0 aliphatic carbocycles. The first kappa shape index (κ1) is 16.3. The summed E-state index contributed by atoms with van der Waals surface area (Å²) in [7, 11) is 1.93. The Kier molecular flexibility index (Phi) is 5.27. The van der Waals surface area contributed by atoms with Crippen molar-refractivity contribution in [3.8, 4) is 0 Å². The monoisotopic (exact) mass is 300 g/mol. The lowest BCUT2D eigenvalue weighted by Gasteiger charge is -2.39. The van der Waals surface area contributed by atoms with Crippen molar-refractivity contribution in [2.75, 3.05) is 13.6 Å². The van der Waals surface area contributed by atoms with Gasteiger partial charge in [-0.25, -0.2) is 0 Å². The van der Waals surface area contributed by atoms with Gasteiger partial charge in [0.25, 0.3) is 0 Å². The van der Waals surface area contributed by atoms with E-state index in [9.17, 15) is 13.2 Å². The zero-order valence-electron chi connectivity index (χ0n) is 12.6. The van der Waals surface area contributed by atoms with Crippen LogP contribution in [0.15, 0.2) is 24.3 Å². The van der Waals surface area contributed by atoms with Crippen LogP contribution in [0.5, 0.6) is 0 Å². The van der Waals surface area contributed by atoms with Crippen LogP contribution in [0.1, 0.15) is 37.3 Å². The average Bonchev–Trinajstić information content (AvgIpc) is 2.46. The molecule has 0 saturated carbocycles. The predicted molar refractivity (Wildman–Crippen MR) is 78.0 cm³/mol. The van der Waals surface area contributed by atoms with Crippen molar-refractivity contribution in [1.29, 1.82) is 0 Å². The molecule has 1 N–H and O–H groups in total. The molecule has 0 bridgehead atoms. The highest BCUT2D eigenvalue weighted by atomic mass is 19.4. The van der Waals surface area contributed by atoms with Crippen LogP contribution in [0, 0.1) is 0 Å². The second-order valence-electron chi connectivity index (χ2n) is 5.81. The van der Waals surface area contributed by atoms with Gasteiger partial charge in [-0.3, -0.25) is 4.90 Å². The Bertz CT molecular complexity index is 459. The summed E-state index contributed by atoms with van der Waals surface area (Å²) in [6.45, 7) is 3.67. The van der Waals surface area contributed by atoms with Gasteiger partial charge < -0.3 is 5.32 Å². The number of alkyl halides is 3. The number of halogens is 3. The Balaban J connectivity index is 2.12. The predicted octanol–water partition coefficient (Wildman–Crippen LogP) is 3.67. The third-order valence-electron chi connectivity index (χ3n) is 4.34. The van der Waals surface area contributed by atoms with Crippen molar-refractivity contribution < 1.29 is 13.2 Å². The van der Waals surface area contributed by atoms with Crippen LogP contribution in [0.2, 0.25) is 0 Å². The summed E-state index contributed by atoms with van der Waals surface area (Å²) in [4.78, 5) is 2.31. The smallest absolute Gasteiger partial charge is 0.316 e. The molecule has 2 rings (SSSR count). The standard InChI is InChI=1S/C16H23F3N2/c1-12(20-2)15-8-3-4-9-21(15)11-13-6-5-7-14(10-13)16(17,18)19/h5-7,10,12,15,20H,3-4,8-9,11H2,1-2H3. The molecule has 1 heterocycles. The molecular formula is C16H23F3N2. The highest BCUT2D eigenvalue weighted by Gasteiger charge is 2.31. The lowest BCUT2D eigenvalue weighted by atomic mass is 9.95. The van der Waals surface area contributed by atoms with E-state index in [0.717, 1.165) is 31.0 Å². The molecule has 21 heavy (non-hydrogen) atoms. The highest BCUT2D eigenvalue weighted by Crippen LogP contribution is 2.30. The number of likely N-dealkylation sites (tertiary alicyclic amines) is 1. The SMILES string of the molecule is CNC(C)C1CCCCN1Cc1cccc(C(F)(F)F)c1. The van der Waals surface area contributed by atoms with Crippen LogP contribution < -0.4 is 5.32 Å². The van der Waals surface area contributed by atoms with Crippen LogP contribution in [0.4, 0.5) is 13.2 Å². The maximum Gasteiger partial charge on any atom is 0.416 e. The van der Waals surface area contributed by atoms with Crippen molar-refractivity contribution in [2.45, 2.75) is 51.0 Å². The number of likely N-dealkylation sites (N-methyl/N-ethyl adjacent to an activating group) is 1. The number of piperidine rings is 1. The van der Waals surface area contributed by atoms with E-state index in [2.05, 4.69) is 17.1 Å². The zero-order valence-corrected chi connectivity index (χ0v) is 12.6. The van der Waals surface area contributed by atoms with E-state index in [1.54, 1.807) is 6.07 Å². The van der Waals surface area contributed by atoms with Gasteiger partial charge in [0.15, 0.2) is 0 Å². The molecule has 1 fully saturated rings. The van der Waals surface area contributed by atoms with E-state index >= 15 is 0 Å². The third kappa shape index (κ3) is 4.20. The highest BCUT2D eigenvalue weighted by molar-refractivity contribution is 5.25. The molecule has 2 nitrogen and oxygen atoms in total. The van der Waals surface area contributed by atoms with Gasteiger partial charge in [0, 0.05) is 18.6 Å². The van der Waals surface area contributed by atoms with Gasteiger partial charge in [-0.05, 0) is 45.0 Å². The van der Waals surface area contributed by atoms with Crippen molar-refractivity contribution in [3.63, 3.8) is 0 Å². The maximum absolute atomic E-state index is 12.8. The van der Waals surface area contributed by atoms with Gasteiger partial charge >= 0.3 is 6.18 Å². The van der Waals surface area contributed by atoms with E-state index in [-0.39, 0.29) is 0 Å². The quantitative estimate of drug-likeness (QED) is 0.913. The molecule has 2 atom stereocenters. The van der Waals surface area contributed by atoms with Crippen molar-refractivity contribution in [1.82, 2.24) is 10.2 Å². The molecule has 1 aliphatic rings. The summed E-state index contributed by atoms with van der Waals surface area (Å²) in [5.74, 6) is 0.